The third-order valence-electron chi connectivity index (χ3n) is 9.67. The number of Topliss-reactive ketones (excluding diaryl/α,β-unsaturated/α-hetero) is 1. The highest BCUT2D eigenvalue weighted by atomic mass is 28.4. The summed E-state index contributed by atoms with van der Waals surface area (Å²) >= 11 is 0. The van der Waals surface area contributed by atoms with E-state index < -0.39 is 50.0 Å². The van der Waals surface area contributed by atoms with Gasteiger partial charge in [0.1, 0.15) is 11.9 Å². The summed E-state index contributed by atoms with van der Waals surface area (Å²) in [6.45, 7) is 23.1. The van der Waals surface area contributed by atoms with Gasteiger partial charge in [0, 0.05) is 16.9 Å². The van der Waals surface area contributed by atoms with Gasteiger partial charge in [0.25, 0.3) is 5.91 Å². The maximum absolute atomic E-state index is 14.2. The summed E-state index contributed by atoms with van der Waals surface area (Å²) in [7, 11) is -2.56. The van der Waals surface area contributed by atoms with Crippen molar-refractivity contribution in [3.63, 3.8) is 0 Å². The Morgan fingerprint density at radius 2 is 1.38 bits per heavy atom. The van der Waals surface area contributed by atoms with Crippen molar-refractivity contribution in [2.75, 3.05) is 0 Å². The lowest BCUT2D eigenvalue weighted by Crippen LogP contribution is -2.52. The third-order valence-corrected chi connectivity index (χ3v) is 14.1. The number of nitrogens with one attached hydrogen (secondary N) is 1. The van der Waals surface area contributed by atoms with Crippen LogP contribution in [0.3, 0.4) is 0 Å². The zero-order valence-electron chi connectivity index (χ0n) is 29.4. The Labute approximate surface area is 271 Å². The summed E-state index contributed by atoms with van der Waals surface area (Å²) in [5.74, 6) is -1.48. The average molecular weight is 638 g/mol. The van der Waals surface area contributed by atoms with Crippen LogP contribution in [0.25, 0.3) is 0 Å². The largest absolute Gasteiger partial charge is 0.456 e. The number of hydrogen-bond acceptors (Lipinski definition) is 6. The fourth-order valence-corrected chi connectivity index (χ4v) is 6.20. The van der Waals surface area contributed by atoms with Crippen LogP contribution in [-0.4, -0.2) is 49.4 Å². The number of carbonyl (C=O) groups excluding carboxylic acids is 3. The molecule has 0 saturated carbocycles. The van der Waals surface area contributed by atoms with Crippen molar-refractivity contribution in [1.29, 1.82) is 0 Å². The second kappa shape index (κ2) is 15.5. The zero-order valence-corrected chi connectivity index (χ0v) is 30.4. The van der Waals surface area contributed by atoms with Crippen LogP contribution in [0.5, 0.6) is 0 Å². The molecule has 0 fully saturated rings. The lowest BCUT2D eigenvalue weighted by Gasteiger charge is -2.41. The van der Waals surface area contributed by atoms with E-state index in [1.54, 1.807) is 45.0 Å². The Balaban J connectivity index is 2.52. The van der Waals surface area contributed by atoms with Crippen molar-refractivity contribution in [3.05, 3.63) is 82.9 Å². The highest BCUT2D eigenvalue weighted by Crippen LogP contribution is 2.39. The predicted octanol–water partition coefficient (Wildman–Crippen LogP) is 7.82. The van der Waals surface area contributed by atoms with Gasteiger partial charge in [0.05, 0.1) is 12.1 Å². The highest BCUT2D eigenvalue weighted by Gasteiger charge is 2.45. The molecule has 7 nitrogen and oxygen atoms in total. The summed E-state index contributed by atoms with van der Waals surface area (Å²) in [5, 5.41) is 13.3. The monoisotopic (exact) mass is 637 g/mol. The number of benzene rings is 2. The van der Waals surface area contributed by atoms with Gasteiger partial charge in [-0.15, -0.1) is 0 Å². The van der Waals surface area contributed by atoms with Gasteiger partial charge in [0.15, 0.2) is 14.4 Å². The van der Waals surface area contributed by atoms with Crippen LogP contribution < -0.4 is 5.32 Å². The summed E-state index contributed by atoms with van der Waals surface area (Å²) in [4.78, 5) is 41.1. The molecule has 0 spiro atoms. The molecule has 0 aliphatic heterocycles. The first-order valence-corrected chi connectivity index (χ1v) is 18.9. The lowest BCUT2D eigenvalue weighted by molar-refractivity contribution is -0.157. The molecule has 248 valence electrons. The second-order valence-electron chi connectivity index (χ2n) is 14.2. The Morgan fingerprint density at radius 3 is 1.87 bits per heavy atom. The number of amides is 1. The standard InChI is InChI=1S/C37H55NO6Si/c1-13-30(39)37(9,10)33(40)26(4)24(2)25(3)27(5)43-35(42)32(44-45(11,12)36(6,7)8)31(28-20-16-14-17-21-28)38-34(41)29-22-18-15-19-23-29/h14-23,26-27,30-32,39H,13H2,1-12H3,(H,38,41)/b25-24+/t26-,27?,30+,31+,32-/m1/s1. The van der Waals surface area contributed by atoms with E-state index in [2.05, 4.69) is 39.2 Å². The second-order valence-corrected chi connectivity index (χ2v) is 19.0. The van der Waals surface area contributed by atoms with Gasteiger partial charge in [0.2, 0.25) is 0 Å². The Kier molecular flexibility index (Phi) is 13.1. The molecule has 8 heteroatoms. The maximum atomic E-state index is 14.2. The van der Waals surface area contributed by atoms with E-state index in [-0.39, 0.29) is 16.7 Å². The van der Waals surface area contributed by atoms with Crippen LogP contribution in [0.15, 0.2) is 71.8 Å². The molecule has 0 radical (unpaired) electrons. The zero-order chi connectivity index (χ0) is 34.3. The van der Waals surface area contributed by atoms with Gasteiger partial charge in [-0.3, -0.25) is 9.59 Å². The van der Waals surface area contributed by atoms with E-state index in [0.717, 1.165) is 16.7 Å². The molecule has 2 aromatic carbocycles. The van der Waals surface area contributed by atoms with Gasteiger partial charge >= 0.3 is 5.97 Å². The van der Waals surface area contributed by atoms with Crippen molar-refractivity contribution in [2.45, 2.75) is 118 Å². The number of rotatable bonds is 14. The molecule has 45 heavy (non-hydrogen) atoms. The first kappa shape index (κ1) is 38.1. The van der Waals surface area contributed by atoms with E-state index >= 15 is 0 Å². The van der Waals surface area contributed by atoms with Crippen LogP contribution in [-0.2, 0) is 18.8 Å². The number of carbonyl (C=O) groups is 3. The maximum Gasteiger partial charge on any atom is 0.337 e. The van der Waals surface area contributed by atoms with Crippen molar-refractivity contribution >= 4 is 26.0 Å². The quantitative estimate of drug-likeness (QED) is 0.124. The summed E-state index contributed by atoms with van der Waals surface area (Å²) < 4.78 is 12.9. The van der Waals surface area contributed by atoms with Crippen LogP contribution in [0, 0.1) is 11.3 Å². The van der Waals surface area contributed by atoms with E-state index in [0.29, 0.717) is 12.0 Å². The summed E-state index contributed by atoms with van der Waals surface area (Å²) in [5.41, 5.74) is 1.81. The molecule has 1 amide bonds. The third kappa shape index (κ3) is 9.47. The molecule has 0 saturated heterocycles. The molecule has 0 heterocycles. The van der Waals surface area contributed by atoms with Crippen LogP contribution in [0.4, 0.5) is 0 Å². The topological polar surface area (TPSA) is 102 Å². The van der Waals surface area contributed by atoms with Crippen molar-refractivity contribution in [3.8, 4) is 0 Å². The van der Waals surface area contributed by atoms with Crippen LogP contribution >= 0.6 is 0 Å². The number of allylic oxidation sites excluding steroid dienone is 1. The molecule has 2 aromatic rings. The Morgan fingerprint density at radius 1 is 0.867 bits per heavy atom. The molecule has 1 unspecified atom stereocenters. The van der Waals surface area contributed by atoms with Crippen LogP contribution in [0.1, 0.15) is 97.6 Å². The molecule has 0 aromatic heterocycles. The van der Waals surface area contributed by atoms with Gasteiger partial charge in [-0.1, -0.05) is 103 Å². The minimum Gasteiger partial charge on any atom is -0.456 e. The fourth-order valence-electron chi connectivity index (χ4n) is 4.98. The number of ketones is 1. The van der Waals surface area contributed by atoms with Gasteiger partial charge in [-0.25, -0.2) is 4.79 Å². The highest BCUT2D eigenvalue weighted by molar-refractivity contribution is 6.74. The smallest absolute Gasteiger partial charge is 0.337 e. The molecule has 2 rings (SSSR count). The summed E-state index contributed by atoms with van der Waals surface area (Å²) in [6, 6.07) is 17.4. The minimum atomic E-state index is -2.56. The Hall–Kier alpha value is -3.07. The molecular formula is C37H55NO6Si. The van der Waals surface area contributed by atoms with Crippen LogP contribution in [0.2, 0.25) is 18.1 Å². The average Bonchev–Trinajstić information content (AvgIpc) is 3.00. The molecule has 0 bridgehead atoms. The Bertz CT molecular complexity index is 1330. The van der Waals surface area contributed by atoms with Crippen molar-refractivity contribution < 1.29 is 28.7 Å². The SMILES string of the molecule is CC[C@H](O)C(C)(C)C(=O)[C@H](C)/C(C)=C(\C)C(C)OC(=O)[C@H](O[Si](C)(C)C(C)(C)C)[C@@H](NC(=O)c1ccccc1)c1ccccc1. The van der Waals surface area contributed by atoms with Gasteiger partial charge < -0.3 is 19.6 Å². The van der Waals surface area contributed by atoms with E-state index in [1.807, 2.05) is 64.1 Å². The molecular weight excluding hydrogens is 582 g/mol. The number of esters is 1. The molecule has 5 atom stereocenters. The van der Waals surface area contributed by atoms with Crippen molar-refractivity contribution in [1.82, 2.24) is 5.32 Å². The molecule has 0 aliphatic rings. The van der Waals surface area contributed by atoms with Gasteiger partial charge in [-0.2, -0.15) is 0 Å². The van der Waals surface area contributed by atoms with E-state index in [9.17, 15) is 19.5 Å². The molecule has 0 aliphatic carbocycles. The summed E-state index contributed by atoms with van der Waals surface area (Å²) in [6.07, 6.45) is -2.08. The first-order chi connectivity index (χ1) is 20.8. The van der Waals surface area contributed by atoms with Crippen molar-refractivity contribution in [2.24, 2.45) is 11.3 Å². The fraction of sp³-hybridized carbons (Fsp3) is 0.541. The van der Waals surface area contributed by atoms with Gasteiger partial charge in [-0.05, 0) is 68.6 Å². The minimum absolute atomic E-state index is 0.0703. The number of aliphatic hydroxyl groups is 1. The van der Waals surface area contributed by atoms with E-state index in [1.165, 1.54) is 0 Å². The lowest BCUT2D eigenvalue weighted by atomic mass is 9.74. The number of ether oxygens (including phenoxy) is 1. The molecule has 2 N–H and O–H groups in total. The number of aliphatic hydroxyl groups excluding tert-OH is 1. The normalized spacial score (nSPS) is 16.5. The first-order valence-electron chi connectivity index (χ1n) is 15.9. The number of hydrogen-bond donors (Lipinski definition) is 2. The van der Waals surface area contributed by atoms with E-state index in [4.69, 9.17) is 9.16 Å². The predicted molar refractivity (Wildman–Crippen MR) is 183 cm³/mol.